The van der Waals surface area contributed by atoms with Crippen molar-refractivity contribution >= 4 is 35.9 Å². The van der Waals surface area contributed by atoms with Crippen molar-refractivity contribution in [3.8, 4) is 0 Å². The van der Waals surface area contributed by atoms with Gasteiger partial charge in [0.25, 0.3) is 0 Å². The predicted molar refractivity (Wildman–Crippen MR) is 108 cm³/mol. The lowest BCUT2D eigenvalue weighted by molar-refractivity contribution is -0.145. The summed E-state index contributed by atoms with van der Waals surface area (Å²) >= 11 is 0. The maximum atomic E-state index is 13.2. The van der Waals surface area contributed by atoms with E-state index in [1.165, 1.54) is 19.2 Å². The number of ether oxygens (including phenoxy) is 1. The van der Waals surface area contributed by atoms with Gasteiger partial charge < -0.3 is 15.0 Å². The van der Waals surface area contributed by atoms with Gasteiger partial charge >= 0.3 is 5.97 Å². The first-order valence-electron chi connectivity index (χ1n) is 8.50. The number of likely N-dealkylation sites (tertiary alicyclic amines) is 1. The summed E-state index contributed by atoms with van der Waals surface area (Å²) in [5.74, 6) is -0.668. The van der Waals surface area contributed by atoms with Crippen LogP contribution in [0.2, 0.25) is 0 Å². The van der Waals surface area contributed by atoms with Gasteiger partial charge in [0, 0.05) is 32.2 Å². The first kappa shape index (κ1) is 22.6. The Morgan fingerprint density at radius 1 is 1.31 bits per heavy atom. The molecule has 1 aliphatic rings. The number of hydrogen-bond acceptors (Lipinski definition) is 3. The van der Waals surface area contributed by atoms with Crippen molar-refractivity contribution < 1.29 is 18.3 Å². The summed E-state index contributed by atoms with van der Waals surface area (Å²) < 4.78 is 31.3. The second kappa shape index (κ2) is 10.6. The molecule has 0 amide bonds. The fourth-order valence-corrected chi connectivity index (χ4v) is 3.07. The van der Waals surface area contributed by atoms with E-state index in [9.17, 15) is 13.6 Å². The minimum Gasteiger partial charge on any atom is -0.469 e. The number of rotatable bonds is 5. The molecule has 2 unspecified atom stereocenters. The van der Waals surface area contributed by atoms with Gasteiger partial charge in [-0.1, -0.05) is 6.92 Å². The van der Waals surface area contributed by atoms with Crippen molar-refractivity contribution in [2.24, 2.45) is 16.8 Å². The van der Waals surface area contributed by atoms with E-state index in [1.807, 2.05) is 18.7 Å². The normalized spacial score (nSPS) is 19.9. The number of esters is 1. The number of benzene rings is 1. The van der Waals surface area contributed by atoms with Gasteiger partial charge in [-0.15, -0.1) is 24.0 Å². The average molecular weight is 481 g/mol. The molecule has 1 fully saturated rings. The van der Waals surface area contributed by atoms with Crippen molar-refractivity contribution in [2.45, 2.75) is 20.3 Å². The Hall–Kier alpha value is -1.45. The Labute approximate surface area is 170 Å². The summed E-state index contributed by atoms with van der Waals surface area (Å²) in [6, 6.07) is 3.49. The molecule has 2 rings (SSSR count). The van der Waals surface area contributed by atoms with E-state index in [0.717, 1.165) is 6.07 Å². The van der Waals surface area contributed by atoms with Gasteiger partial charge in [-0.3, -0.25) is 9.79 Å². The number of nitrogens with one attached hydrogen (secondary N) is 1. The summed E-state index contributed by atoms with van der Waals surface area (Å²) in [7, 11) is 1.40. The van der Waals surface area contributed by atoms with Gasteiger partial charge in [0.2, 0.25) is 0 Å². The lowest BCUT2D eigenvalue weighted by Crippen LogP contribution is -2.40. The zero-order valence-corrected chi connectivity index (χ0v) is 17.6. The van der Waals surface area contributed by atoms with Crippen LogP contribution in [0.4, 0.5) is 8.78 Å². The molecule has 1 N–H and O–H groups in total. The number of carbonyl (C=O) groups excluding carboxylic acids is 1. The number of methoxy groups -OCH3 is 1. The first-order chi connectivity index (χ1) is 11.9. The molecule has 2 atom stereocenters. The lowest BCUT2D eigenvalue weighted by Gasteiger charge is -2.21. The highest BCUT2D eigenvalue weighted by Gasteiger charge is 2.36. The van der Waals surface area contributed by atoms with Crippen molar-refractivity contribution in [1.82, 2.24) is 10.2 Å². The Morgan fingerprint density at radius 3 is 2.54 bits per heavy atom. The van der Waals surface area contributed by atoms with Gasteiger partial charge in [0.15, 0.2) is 5.96 Å². The highest BCUT2D eigenvalue weighted by Crippen LogP contribution is 2.24. The first-order valence-corrected chi connectivity index (χ1v) is 8.50. The molecule has 1 aliphatic heterocycles. The number of hydrogen-bond donors (Lipinski definition) is 1. The van der Waals surface area contributed by atoms with Gasteiger partial charge in [0.1, 0.15) is 11.6 Å². The molecule has 5 nitrogen and oxygen atoms in total. The van der Waals surface area contributed by atoms with Gasteiger partial charge in [-0.25, -0.2) is 8.78 Å². The maximum Gasteiger partial charge on any atom is 0.310 e. The third-order valence-corrected chi connectivity index (χ3v) is 4.34. The Balaban J connectivity index is 0.00000338. The minimum absolute atomic E-state index is 0. The standard InChI is InChI=1S/C18H25F2N3O2.HI/c1-4-21-18(23-10-12(2)16(11-23)17(24)25-3)22-6-5-13-7-14(19)9-15(20)8-13;/h7-9,12,16H,4-6,10-11H2,1-3H3,(H,21,22);1H. The molecular weight excluding hydrogens is 455 g/mol. The van der Waals surface area contributed by atoms with E-state index in [-0.39, 0.29) is 41.8 Å². The molecule has 1 aromatic carbocycles. The van der Waals surface area contributed by atoms with E-state index < -0.39 is 11.6 Å². The predicted octanol–water partition coefficient (Wildman–Crippen LogP) is 2.83. The van der Waals surface area contributed by atoms with Crippen LogP contribution in [0.3, 0.4) is 0 Å². The van der Waals surface area contributed by atoms with Crippen LogP contribution < -0.4 is 5.32 Å². The highest BCUT2D eigenvalue weighted by molar-refractivity contribution is 14.0. The highest BCUT2D eigenvalue weighted by atomic mass is 127. The third kappa shape index (κ3) is 6.07. The molecule has 1 aromatic rings. The van der Waals surface area contributed by atoms with Crippen LogP contribution in [-0.2, 0) is 16.0 Å². The monoisotopic (exact) mass is 481 g/mol. The number of carbonyl (C=O) groups is 1. The van der Waals surface area contributed by atoms with Crippen LogP contribution in [0.1, 0.15) is 19.4 Å². The lowest BCUT2D eigenvalue weighted by atomic mass is 9.99. The number of halogens is 3. The molecule has 0 radical (unpaired) electrons. The smallest absolute Gasteiger partial charge is 0.310 e. The maximum absolute atomic E-state index is 13.2. The van der Waals surface area contributed by atoms with Gasteiger partial charge in [-0.05, 0) is 37.0 Å². The van der Waals surface area contributed by atoms with E-state index in [4.69, 9.17) is 4.74 Å². The van der Waals surface area contributed by atoms with E-state index in [0.29, 0.717) is 44.1 Å². The summed E-state index contributed by atoms with van der Waals surface area (Å²) in [5, 5.41) is 3.21. The van der Waals surface area contributed by atoms with Crippen LogP contribution in [0.25, 0.3) is 0 Å². The Kier molecular flexibility index (Phi) is 9.24. The zero-order valence-electron chi connectivity index (χ0n) is 15.3. The Bertz CT molecular complexity index is 623. The van der Waals surface area contributed by atoms with E-state index in [2.05, 4.69) is 10.3 Å². The quantitative estimate of drug-likeness (QED) is 0.304. The van der Waals surface area contributed by atoms with E-state index in [1.54, 1.807) is 0 Å². The van der Waals surface area contributed by atoms with Crippen LogP contribution in [-0.4, -0.2) is 50.1 Å². The largest absolute Gasteiger partial charge is 0.469 e. The zero-order chi connectivity index (χ0) is 18.4. The average Bonchev–Trinajstić information content (AvgIpc) is 2.94. The van der Waals surface area contributed by atoms with Crippen molar-refractivity contribution in [3.05, 3.63) is 35.4 Å². The Morgan fingerprint density at radius 2 is 1.96 bits per heavy atom. The molecule has 26 heavy (non-hydrogen) atoms. The second-order valence-electron chi connectivity index (χ2n) is 6.28. The summed E-state index contributed by atoms with van der Waals surface area (Å²) in [4.78, 5) is 18.4. The molecule has 1 heterocycles. The van der Waals surface area contributed by atoms with Crippen LogP contribution >= 0.6 is 24.0 Å². The third-order valence-electron chi connectivity index (χ3n) is 4.34. The van der Waals surface area contributed by atoms with Gasteiger partial charge in [-0.2, -0.15) is 0 Å². The molecule has 8 heteroatoms. The minimum atomic E-state index is -0.583. The number of nitrogens with zero attached hydrogens (tertiary/aromatic N) is 2. The molecule has 0 spiro atoms. The second-order valence-corrected chi connectivity index (χ2v) is 6.28. The van der Waals surface area contributed by atoms with Gasteiger partial charge in [0.05, 0.1) is 13.0 Å². The van der Waals surface area contributed by atoms with Crippen molar-refractivity contribution in [3.63, 3.8) is 0 Å². The molecule has 0 aromatic heterocycles. The summed E-state index contributed by atoms with van der Waals surface area (Å²) in [5.41, 5.74) is 0.569. The summed E-state index contributed by atoms with van der Waals surface area (Å²) in [6.07, 6.45) is 0.438. The fourth-order valence-electron chi connectivity index (χ4n) is 3.07. The molecular formula is C18H26F2IN3O2. The van der Waals surface area contributed by atoms with Crippen molar-refractivity contribution in [2.75, 3.05) is 33.3 Å². The van der Waals surface area contributed by atoms with Crippen LogP contribution in [0, 0.1) is 23.5 Å². The molecule has 146 valence electrons. The van der Waals surface area contributed by atoms with Crippen molar-refractivity contribution in [1.29, 1.82) is 0 Å². The molecule has 0 aliphatic carbocycles. The molecule has 0 saturated carbocycles. The van der Waals surface area contributed by atoms with Crippen LogP contribution in [0.5, 0.6) is 0 Å². The number of guanidine groups is 1. The van der Waals surface area contributed by atoms with E-state index >= 15 is 0 Å². The number of aliphatic imine (C=N–C) groups is 1. The SMILES string of the molecule is CCNC(=NCCc1cc(F)cc(F)c1)N1CC(C)C(C(=O)OC)C1.I. The topological polar surface area (TPSA) is 53.9 Å². The molecule has 0 bridgehead atoms. The summed E-state index contributed by atoms with van der Waals surface area (Å²) in [6.45, 7) is 6.34. The van der Waals surface area contributed by atoms with Crippen LogP contribution in [0.15, 0.2) is 23.2 Å². The molecule has 1 saturated heterocycles. The fraction of sp³-hybridized carbons (Fsp3) is 0.556.